The van der Waals surface area contributed by atoms with Crippen molar-refractivity contribution < 1.29 is 14.6 Å². The second-order valence-corrected chi connectivity index (χ2v) is 4.83. The lowest BCUT2D eigenvalue weighted by Gasteiger charge is -2.32. The van der Waals surface area contributed by atoms with Crippen LogP contribution in [-0.2, 0) is 9.53 Å². The van der Waals surface area contributed by atoms with E-state index in [4.69, 9.17) is 4.74 Å². The van der Waals surface area contributed by atoms with E-state index in [1.807, 2.05) is 0 Å². The summed E-state index contributed by atoms with van der Waals surface area (Å²) < 4.78 is 5.56. The summed E-state index contributed by atoms with van der Waals surface area (Å²) in [5, 5.41) is 9.51. The van der Waals surface area contributed by atoms with Gasteiger partial charge in [-0.05, 0) is 32.1 Å². The standard InChI is InChI=1S/C12H21NO3/c14-10-4-3-6-13(9-10)12(15)8-11-5-1-2-7-16-11/h10-11,14H,1-9H2/t10-,11?/m0/s1. The van der Waals surface area contributed by atoms with Gasteiger partial charge in [-0.25, -0.2) is 0 Å². The molecule has 2 aliphatic heterocycles. The van der Waals surface area contributed by atoms with Gasteiger partial charge in [-0.15, -0.1) is 0 Å². The topological polar surface area (TPSA) is 49.8 Å². The van der Waals surface area contributed by atoms with Crippen molar-refractivity contribution in [3.8, 4) is 0 Å². The van der Waals surface area contributed by atoms with Crippen molar-refractivity contribution in [1.82, 2.24) is 4.90 Å². The molecule has 0 spiro atoms. The number of nitrogens with zero attached hydrogens (tertiary/aromatic N) is 1. The predicted molar refractivity (Wildman–Crippen MR) is 60.0 cm³/mol. The molecule has 2 atom stereocenters. The third-order valence-corrected chi connectivity index (χ3v) is 3.43. The minimum absolute atomic E-state index is 0.111. The predicted octanol–water partition coefficient (Wildman–Crippen LogP) is 0.929. The highest BCUT2D eigenvalue weighted by Crippen LogP contribution is 2.18. The number of amides is 1. The molecule has 16 heavy (non-hydrogen) atoms. The number of hydrogen-bond donors (Lipinski definition) is 1. The van der Waals surface area contributed by atoms with Crippen LogP contribution in [0.3, 0.4) is 0 Å². The van der Waals surface area contributed by atoms with Crippen molar-refractivity contribution in [1.29, 1.82) is 0 Å². The van der Waals surface area contributed by atoms with E-state index in [9.17, 15) is 9.90 Å². The first-order chi connectivity index (χ1) is 7.75. The normalized spacial score (nSPS) is 31.4. The van der Waals surface area contributed by atoms with Crippen LogP contribution >= 0.6 is 0 Å². The van der Waals surface area contributed by atoms with Crippen LogP contribution in [0.25, 0.3) is 0 Å². The molecule has 0 aromatic heterocycles. The Kier molecular flexibility index (Phi) is 4.18. The summed E-state index contributed by atoms with van der Waals surface area (Å²) in [4.78, 5) is 13.7. The fraction of sp³-hybridized carbons (Fsp3) is 0.917. The van der Waals surface area contributed by atoms with Crippen molar-refractivity contribution in [2.24, 2.45) is 0 Å². The third-order valence-electron chi connectivity index (χ3n) is 3.43. The minimum Gasteiger partial charge on any atom is -0.391 e. The SMILES string of the molecule is O=C(CC1CCCCO1)N1CCC[C@H](O)C1. The van der Waals surface area contributed by atoms with Gasteiger partial charge in [0.1, 0.15) is 0 Å². The van der Waals surface area contributed by atoms with Gasteiger partial charge in [-0.2, -0.15) is 0 Å². The van der Waals surface area contributed by atoms with Crippen molar-refractivity contribution in [2.75, 3.05) is 19.7 Å². The molecule has 2 heterocycles. The van der Waals surface area contributed by atoms with E-state index in [1.165, 1.54) is 6.42 Å². The molecular weight excluding hydrogens is 206 g/mol. The first kappa shape index (κ1) is 11.9. The third kappa shape index (κ3) is 3.19. The highest BCUT2D eigenvalue weighted by atomic mass is 16.5. The molecule has 0 saturated carbocycles. The number of ether oxygens (including phenoxy) is 1. The molecule has 0 aromatic rings. The minimum atomic E-state index is -0.329. The van der Waals surface area contributed by atoms with E-state index in [0.717, 1.165) is 38.8 Å². The number of aliphatic hydroxyl groups excluding tert-OH is 1. The molecule has 2 fully saturated rings. The van der Waals surface area contributed by atoms with Crippen LogP contribution < -0.4 is 0 Å². The summed E-state index contributed by atoms with van der Waals surface area (Å²) in [6.45, 7) is 2.09. The highest BCUT2D eigenvalue weighted by molar-refractivity contribution is 5.76. The van der Waals surface area contributed by atoms with Crippen LogP contribution in [0, 0.1) is 0 Å². The van der Waals surface area contributed by atoms with Gasteiger partial charge < -0.3 is 14.7 Å². The van der Waals surface area contributed by atoms with Crippen LogP contribution in [0.4, 0.5) is 0 Å². The van der Waals surface area contributed by atoms with Gasteiger partial charge in [0.2, 0.25) is 5.91 Å². The van der Waals surface area contributed by atoms with Gasteiger partial charge in [0.05, 0.1) is 18.6 Å². The summed E-state index contributed by atoms with van der Waals surface area (Å²) in [5.74, 6) is 0.144. The first-order valence-electron chi connectivity index (χ1n) is 6.33. The zero-order valence-corrected chi connectivity index (χ0v) is 9.73. The Balaban J connectivity index is 1.77. The smallest absolute Gasteiger partial charge is 0.225 e. The van der Waals surface area contributed by atoms with Gasteiger partial charge in [0, 0.05) is 19.7 Å². The van der Waals surface area contributed by atoms with E-state index in [1.54, 1.807) is 4.90 Å². The molecule has 92 valence electrons. The lowest BCUT2D eigenvalue weighted by atomic mass is 10.0. The fourth-order valence-electron chi connectivity index (χ4n) is 2.47. The molecule has 1 unspecified atom stereocenters. The van der Waals surface area contributed by atoms with E-state index in [-0.39, 0.29) is 18.1 Å². The van der Waals surface area contributed by atoms with Crippen molar-refractivity contribution in [2.45, 2.75) is 50.7 Å². The molecule has 0 aromatic carbocycles. The van der Waals surface area contributed by atoms with Crippen LogP contribution in [0.15, 0.2) is 0 Å². The quantitative estimate of drug-likeness (QED) is 0.763. The maximum Gasteiger partial charge on any atom is 0.225 e. The molecule has 2 rings (SSSR count). The Morgan fingerprint density at radius 2 is 2.19 bits per heavy atom. The summed E-state index contributed by atoms with van der Waals surface area (Å²) >= 11 is 0. The zero-order chi connectivity index (χ0) is 11.4. The van der Waals surface area contributed by atoms with Crippen molar-refractivity contribution in [3.05, 3.63) is 0 Å². The van der Waals surface area contributed by atoms with E-state index < -0.39 is 0 Å². The number of carbonyl (C=O) groups excluding carboxylic acids is 1. The van der Waals surface area contributed by atoms with E-state index >= 15 is 0 Å². The van der Waals surface area contributed by atoms with Crippen LogP contribution in [0.5, 0.6) is 0 Å². The van der Waals surface area contributed by atoms with Gasteiger partial charge in [0.25, 0.3) is 0 Å². The Hall–Kier alpha value is -0.610. The molecule has 4 heteroatoms. The first-order valence-corrected chi connectivity index (χ1v) is 6.33. The van der Waals surface area contributed by atoms with Gasteiger partial charge >= 0.3 is 0 Å². The maximum absolute atomic E-state index is 11.9. The lowest BCUT2D eigenvalue weighted by molar-refractivity contribution is -0.138. The maximum atomic E-state index is 11.9. The van der Waals surface area contributed by atoms with Crippen LogP contribution in [-0.4, -0.2) is 47.8 Å². The number of β-amino-alcohol motifs (C(OH)–C–C–N with tert-alkyl or cyclic N) is 1. The molecule has 2 saturated heterocycles. The lowest BCUT2D eigenvalue weighted by Crippen LogP contribution is -2.43. The molecule has 0 radical (unpaired) electrons. The van der Waals surface area contributed by atoms with Gasteiger partial charge in [-0.3, -0.25) is 4.79 Å². The van der Waals surface area contributed by atoms with Crippen molar-refractivity contribution >= 4 is 5.91 Å². The van der Waals surface area contributed by atoms with Crippen molar-refractivity contribution in [3.63, 3.8) is 0 Å². The fourth-order valence-corrected chi connectivity index (χ4v) is 2.47. The second-order valence-electron chi connectivity index (χ2n) is 4.83. The monoisotopic (exact) mass is 227 g/mol. The summed E-state index contributed by atoms with van der Waals surface area (Å²) in [7, 11) is 0. The summed E-state index contributed by atoms with van der Waals surface area (Å²) in [6.07, 6.45) is 5.30. The Morgan fingerprint density at radius 3 is 2.88 bits per heavy atom. The highest BCUT2D eigenvalue weighted by Gasteiger charge is 2.25. The Labute approximate surface area is 96.6 Å². The molecule has 0 aliphatic carbocycles. The molecule has 0 bridgehead atoms. The number of carbonyl (C=O) groups is 1. The average Bonchev–Trinajstić information content (AvgIpc) is 2.30. The second kappa shape index (κ2) is 5.64. The molecule has 4 nitrogen and oxygen atoms in total. The zero-order valence-electron chi connectivity index (χ0n) is 9.73. The number of piperidine rings is 1. The largest absolute Gasteiger partial charge is 0.391 e. The van der Waals surface area contributed by atoms with Crippen LogP contribution in [0.2, 0.25) is 0 Å². The average molecular weight is 227 g/mol. The van der Waals surface area contributed by atoms with E-state index in [0.29, 0.717) is 13.0 Å². The van der Waals surface area contributed by atoms with E-state index in [2.05, 4.69) is 0 Å². The number of hydrogen-bond acceptors (Lipinski definition) is 3. The Morgan fingerprint density at radius 1 is 1.31 bits per heavy atom. The molecular formula is C12H21NO3. The summed E-state index contributed by atoms with van der Waals surface area (Å²) in [5.41, 5.74) is 0. The Bertz CT molecular complexity index is 238. The molecule has 1 N–H and O–H groups in total. The van der Waals surface area contributed by atoms with Crippen LogP contribution in [0.1, 0.15) is 38.5 Å². The number of aliphatic hydroxyl groups is 1. The number of rotatable bonds is 2. The van der Waals surface area contributed by atoms with Gasteiger partial charge in [0.15, 0.2) is 0 Å². The number of likely N-dealkylation sites (tertiary alicyclic amines) is 1. The molecule has 2 aliphatic rings. The molecule has 1 amide bonds. The van der Waals surface area contributed by atoms with Gasteiger partial charge in [-0.1, -0.05) is 0 Å². The summed E-state index contributed by atoms with van der Waals surface area (Å²) in [6, 6.07) is 0.